The number of aryl methyl sites for hydroxylation is 2. The van der Waals surface area contributed by atoms with Crippen LogP contribution in [0.15, 0.2) is 18.2 Å². The number of nitrogens with one attached hydrogen (secondary N) is 1. The number of hydrogen-bond acceptors (Lipinski definition) is 2. The molecule has 0 atom stereocenters. The zero-order valence-electron chi connectivity index (χ0n) is 13.5. The molecule has 1 N–H and O–H groups in total. The van der Waals surface area contributed by atoms with Gasteiger partial charge >= 0.3 is 6.03 Å². The molecule has 0 bridgehead atoms. The van der Waals surface area contributed by atoms with Gasteiger partial charge in [-0.25, -0.2) is 4.79 Å². The number of carbonyl (C=O) groups is 1. The number of anilines is 1. The number of carbonyl (C=O) groups excluding carboxylic acids is 1. The van der Waals surface area contributed by atoms with Crippen molar-refractivity contribution in [3.63, 3.8) is 0 Å². The quantitative estimate of drug-likeness (QED) is 0.925. The SMILES string of the molecule is CCCNC(=O)N1CCN(c2c(C)cccc2CC)CC1. The highest BCUT2D eigenvalue weighted by molar-refractivity contribution is 5.74. The summed E-state index contributed by atoms with van der Waals surface area (Å²) in [4.78, 5) is 16.3. The monoisotopic (exact) mass is 289 g/mol. The lowest BCUT2D eigenvalue weighted by atomic mass is 10.0. The first-order valence-corrected chi connectivity index (χ1v) is 8.03. The second kappa shape index (κ2) is 7.34. The van der Waals surface area contributed by atoms with Crippen molar-refractivity contribution in [2.75, 3.05) is 37.6 Å². The molecule has 0 saturated carbocycles. The minimum Gasteiger partial charge on any atom is -0.368 e. The summed E-state index contributed by atoms with van der Waals surface area (Å²) >= 11 is 0. The van der Waals surface area contributed by atoms with E-state index in [-0.39, 0.29) is 6.03 Å². The van der Waals surface area contributed by atoms with E-state index in [9.17, 15) is 4.79 Å². The van der Waals surface area contributed by atoms with Gasteiger partial charge in [0.25, 0.3) is 0 Å². The summed E-state index contributed by atoms with van der Waals surface area (Å²) in [5.41, 5.74) is 4.10. The Bertz CT molecular complexity index is 479. The third-order valence-corrected chi connectivity index (χ3v) is 4.11. The summed E-state index contributed by atoms with van der Waals surface area (Å²) in [5, 5.41) is 2.96. The molecular weight excluding hydrogens is 262 g/mol. The second-order valence-electron chi connectivity index (χ2n) is 5.64. The van der Waals surface area contributed by atoms with Gasteiger partial charge in [0.2, 0.25) is 0 Å². The maximum Gasteiger partial charge on any atom is 0.317 e. The van der Waals surface area contributed by atoms with Gasteiger partial charge in [0.05, 0.1) is 0 Å². The van der Waals surface area contributed by atoms with Crippen LogP contribution < -0.4 is 10.2 Å². The molecule has 1 heterocycles. The van der Waals surface area contributed by atoms with Crippen molar-refractivity contribution in [3.8, 4) is 0 Å². The molecule has 1 aliphatic rings. The average Bonchev–Trinajstić information content (AvgIpc) is 2.52. The smallest absolute Gasteiger partial charge is 0.317 e. The van der Waals surface area contributed by atoms with Crippen molar-refractivity contribution < 1.29 is 4.79 Å². The molecule has 1 saturated heterocycles. The van der Waals surface area contributed by atoms with Gasteiger partial charge in [-0.1, -0.05) is 32.0 Å². The summed E-state index contributed by atoms with van der Waals surface area (Å²) < 4.78 is 0. The van der Waals surface area contributed by atoms with Gasteiger partial charge in [-0.2, -0.15) is 0 Å². The molecule has 4 heteroatoms. The van der Waals surface area contributed by atoms with Gasteiger partial charge in [-0.15, -0.1) is 0 Å². The lowest BCUT2D eigenvalue weighted by Crippen LogP contribution is -2.52. The van der Waals surface area contributed by atoms with E-state index in [0.29, 0.717) is 0 Å². The fraction of sp³-hybridized carbons (Fsp3) is 0.588. The molecule has 2 rings (SSSR count). The Hall–Kier alpha value is -1.71. The summed E-state index contributed by atoms with van der Waals surface area (Å²) in [7, 11) is 0. The van der Waals surface area contributed by atoms with Crippen LogP contribution in [0.25, 0.3) is 0 Å². The molecule has 0 radical (unpaired) electrons. The van der Waals surface area contributed by atoms with E-state index < -0.39 is 0 Å². The Morgan fingerprint density at radius 2 is 1.90 bits per heavy atom. The minimum atomic E-state index is 0.0806. The topological polar surface area (TPSA) is 35.6 Å². The third kappa shape index (κ3) is 3.69. The number of amides is 2. The highest BCUT2D eigenvalue weighted by atomic mass is 16.2. The summed E-state index contributed by atoms with van der Waals surface area (Å²) in [6.07, 6.45) is 2.03. The predicted molar refractivity (Wildman–Crippen MR) is 88.0 cm³/mol. The number of rotatable bonds is 4. The Kier molecular flexibility index (Phi) is 5.48. The van der Waals surface area contributed by atoms with E-state index in [2.05, 4.69) is 49.2 Å². The van der Waals surface area contributed by atoms with Gasteiger partial charge in [0, 0.05) is 38.4 Å². The fourth-order valence-electron chi connectivity index (χ4n) is 2.93. The maximum atomic E-state index is 12.0. The van der Waals surface area contributed by atoms with Crippen LogP contribution in [-0.2, 0) is 6.42 Å². The van der Waals surface area contributed by atoms with E-state index in [1.165, 1.54) is 16.8 Å². The number of nitrogens with zero attached hydrogens (tertiary/aromatic N) is 2. The van der Waals surface area contributed by atoms with E-state index in [1.54, 1.807) is 0 Å². The molecule has 0 spiro atoms. The number of urea groups is 1. The van der Waals surface area contributed by atoms with Crippen LogP contribution in [-0.4, -0.2) is 43.7 Å². The molecule has 116 valence electrons. The molecule has 0 aliphatic carbocycles. The Labute approximate surface area is 128 Å². The van der Waals surface area contributed by atoms with Crippen LogP contribution in [0.1, 0.15) is 31.4 Å². The van der Waals surface area contributed by atoms with Gasteiger partial charge in [0.15, 0.2) is 0 Å². The van der Waals surface area contributed by atoms with Crippen molar-refractivity contribution in [3.05, 3.63) is 29.3 Å². The number of hydrogen-bond donors (Lipinski definition) is 1. The number of piperazine rings is 1. The standard InChI is InChI=1S/C17H27N3O/c1-4-9-18-17(21)20-12-10-19(11-13-20)16-14(3)7-6-8-15(16)5-2/h6-8H,4-5,9-13H2,1-3H3,(H,18,21). The maximum absolute atomic E-state index is 12.0. The first-order chi connectivity index (χ1) is 10.2. The largest absolute Gasteiger partial charge is 0.368 e. The second-order valence-corrected chi connectivity index (χ2v) is 5.64. The van der Waals surface area contributed by atoms with E-state index in [1.807, 2.05) is 4.90 Å². The lowest BCUT2D eigenvalue weighted by Gasteiger charge is -2.37. The molecule has 1 aromatic carbocycles. The molecular formula is C17H27N3O. The zero-order valence-corrected chi connectivity index (χ0v) is 13.5. The molecule has 0 unspecified atom stereocenters. The van der Waals surface area contributed by atoms with Gasteiger partial charge < -0.3 is 15.1 Å². The zero-order chi connectivity index (χ0) is 15.2. The van der Waals surface area contributed by atoms with Gasteiger partial charge in [-0.05, 0) is 30.9 Å². The molecule has 1 aromatic rings. The minimum absolute atomic E-state index is 0.0806. The van der Waals surface area contributed by atoms with E-state index in [4.69, 9.17) is 0 Å². The normalized spacial score (nSPS) is 15.2. The van der Waals surface area contributed by atoms with Crippen molar-refractivity contribution in [1.29, 1.82) is 0 Å². The molecule has 0 aromatic heterocycles. The Morgan fingerprint density at radius 3 is 2.52 bits per heavy atom. The van der Waals surface area contributed by atoms with Crippen molar-refractivity contribution >= 4 is 11.7 Å². The van der Waals surface area contributed by atoms with Crippen molar-refractivity contribution in [1.82, 2.24) is 10.2 Å². The molecule has 1 aliphatic heterocycles. The van der Waals surface area contributed by atoms with Crippen LogP contribution in [0.5, 0.6) is 0 Å². The molecule has 4 nitrogen and oxygen atoms in total. The first kappa shape index (κ1) is 15.7. The summed E-state index contributed by atoms with van der Waals surface area (Å²) in [6, 6.07) is 6.60. The summed E-state index contributed by atoms with van der Waals surface area (Å²) in [6.45, 7) is 10.6. The highest BCUT2D eigenvalue weighted by Crippen LogP contribution is 2.26. The Balaban J connectivity index is 2.00. The van der Waals surface area contributed by atoms with Crippen molar-refractivity contribution in [2.45, 2.75) is 33.6 Å². The Morgan fingerprint density at radius 1 is 1.19 bits per heavy atom. The fourth-order valence-corrected chi connectivity index (χ4v) is 2.93. The molecule has 2 amide bonds. The van der Waals surface area contributed by atoms with Gasteiger partial charge in [-0.3, -0.25) is 0 Å². The highest BCUT2D eigenvalue weighted by Gasteiger charge is 2.22. The number of benzene rings is 1. The number of para-hydroxylation sites is 1. The van der Waals surface area contributed by atoms with E-state index >= 15 is 0 Å². The summed E-state index contributed by atoms with van der Waals surface area (Å²) in [5.74, 6) is 0. The predicted octanol–water partition coefficient (Wildman–Crippen LogP) is 2.80. The lowest BCUT2D eigenvalue weighted by molar-refractivity contribution is 0.194. The van der Waals surface area contributed by atoms with Crippen LogP contribution in [0.4, 0.5) is 10.5 Å². The molecule has 21 heavy (non-hydrogen) atoms. The average molecular weight is 289 g/mol. The van der Waals surface area contributed by atoms with Crippen molar-refractivity contribution in [2.24, 2.45) is 0 Å². The van der Waals surface area contributed by atoms with Crippen LogP contribution in [0.3, 0.4) is 0 Å². The van der Waals surface area contributed by atoms with Crippen LogP contribution >= 0.6 is 0 Å². The first-order valence-electron chi connectivity index (χ1n) is 8.03. The molecule has 1 fully saturated rings. The third-order valence-electron chi connectivity index (χ3n) is 4.11. The van der Waals surface area contributed by atoms with Gasteiger partial charge in [0.1, 0.15) is 0 Å². The van der Waals surface area contributed by atoms with Crippen LogP contribution in [0.2, 0.25) is 0 Å². The van der Waals surface area contributed by atoms with E-state index in [0.717, 1.165) is 45.6 Å². The van der Waals surface area contributed by atoms with Crippen LogP contribution in [0, 0.1) is 6.92 Å².